The van der Waals surface area contributed by atoms with Gasteiger partial charge in [-0.25, -0.2) is 9.40 Å². The first-order valence-corrected chi connectivity index (χ1v) is 2.54. The molecule has 1 unspecified atom stereocenters. The fourth-order valence-corrected chi connectivity index (χ4v) is 0.626. The monoisotopic (exact) mass is 120 g/mol. The standard InChI is InChI=1S/C4H9FN2O/c5-4-3-7(6)1-2-8-4/h4H,1-3,6H2. The number of nitrogens with zero attached hydrogens (tertiary/aromatic N) is 1. The van der Waals surface area contributed by atoms with Crippen LogP contribution >= 0.6 is 0 Å². The predicted octanol–water partition coefficient (Wildman–Crippen LogP) is -0.512. The Balaban J connectivity index is 2.23. The number of hydrogen-bond donors (Lipinski definition) is 1. The number of hydrazine groups is 1. The van der Waals surface area contributed by atoms with Crippen LogP contribution in [-0.4, -0.2) is 31.1 Å². The van der Waals surface area contributed by atoms with Gasteiger partial charge in [-0.3, -0.25) is 5.84 Å². The van der Waals surface area contributed by atoms with Gasteiger partial charge in [-0.05, 0) is 0 Å². The zero-order valence-electron chi connectivity index (χ0n) is 4.51. The van der Waals surface area contributed by atoms with Gasteiger partial charge in [-0.1, -0.05) is 0 Å². The molecule has 4 heteroatoms. The summed E-state index contributed by atoms with van der Waals surface area (Å²) in [5.41, 5.74) is 0. The Morgan fingerprint density at radius 3 is 2.88 bits per heavy atom. The van der Waals surface area contributed by atoms with E-state index in [9.17, 15) is 4.39 Å². The quantitative estimate of drug-likeness (QED) is 0.437. The molecule has 8 heavy (non-hydrogen) atoms. The lowest BCUT2D eigenvalue weighted by atomic mass is 10.5. The zero-order valence-corrected chi connectivity index (χ0v) is 4.51. The number of morpholine rings is 1. The van der Waals surface area contributed by atoms with Crippen molar-refractivity contribution in [2.24, 2.45) is 5.84 Å². The number of halogens is 1. The Morgan fingerprint density at radius 1 is 1.75 bits per heavy atom. The minimum atomic E-state index is -1.19. The maximum atomic E-state index is 12.1. The smallest absolute Gasteiger partial charge is 0.213 e. The topological polar surface area (TPSA) is 38.5 Å². The van der Waals surface area contributed by atoms with Crippen molar-refractivity contribution in [3.05, 3.63) is 0 Å². The van der Waals surface area contributed by atoms with Crippen molar-refractivity contribution in [2.45, 2.75) is 6.36 Å². The second-order valence-corrected chi connectivity index (χ2v) is 1.78. The third-order valence-corrected chi connectivity index (χ3v) is 1.06. The summed E-state index contributed by atoms with van der Waals surface area (Å²) in [4.78, 5) is 0. The molecule has 0 aromatic rings. The van der Waals surface area contributed by atoms with Crippen LogP contribution in [0.25, 0.3) is 0 Å². The molecule has 0 amide bonds. The Bertz CT molecular complexity index is 72.4. The molecule has 0 bridgehead atoms. The Hall–Kier alpha value is -0.190. The molecule has 1 rings (SSSR count). The van der Waals surface area contributed by atoms with Gasteiger partial charge in [-0.2, -0.15) is 0 Å². The summed E-state index contributed by atoms with van der Waals surface area (Å²) in [5.74, 6) is 5.24. The van der Waals surface area contributed by atoms with Gasteiger partial charge in [0.1, 0.15) is 0 Å². The predicted molar refractivity (Wildman–Crippen MR) is 26.6 cm³/mol. The lowest BCUT2D eigenvalue weighted by Gasteiger charge is -2.24. The molecule has 3 nitrogen and oxygen atoms in total. The number of hydrogen-bond acceptors (Lipinski definition) is 3. The van der Waals surface area contributed by atoms with Crippen LogP contribution in [-0.2, 0) is 4.74 Å². The molecule has 1 fully saturated rings. The second kappa shape index (κ2) is 2.39. The van der Waals surface area contributed by atoms with E-state index in [1.165, 1.54) is 5.01 Å². The molecular weight excluding hydrogens is 111 g/mol. The number of nitrogens with two attached hydrogens (primary N) is 1. The van der Waals surface area contributed by atoms with Crippen LogP contribution in [0.4, 0.5) is 4.39 Å². The van der Waals surface area contributed by atoms with E-state index >= 15 is 0 Å². The molecule has 0 aromatic carbocycles. The van der Waals surface area contributed by atoms with Crippen molar-refractivity contribution in [1.29, 1.82) is 0 Å². The highest BCUT2D eigenvalue weighted by Gasteiger charge is 2.15. The lowest BCUT2D eigenvalue weighted by molar-refractivity contribution is -0.0985. The van der Waals surface area contributed by atoms with Crippen LogP contribution in [0.15, 0.2) is 0 Å². The summed E-state index contributed by atoms with van der Waals surface area (Å²) in [6.07, 6.45) is -1.19. The van der Waals surface area contributed by atoms with Crippen molar-refractivity contribution in [2.75, 3.05) is 19.7 Å². The van der Waals surface area contributed by atoms with Crippen molar-refractivity contribution < 1.29 is 9.13 Å². The number of rotatable bonds is 0. The van der Waals surface area contributed by atoms with Gasteiger partial charge in [0.2, 0.25) is 6.36 Å². The van der Waals surface area contributed by atoms with E-state index in [0.717, 1.165) is 0 Å². The Kier molecular flexibility index (Phi) is 1.77. The van der Waals surface area contributed by atoms with Crippen LogP contribution < -0.4 is 5.84 Å². The zero-order chi connectivity index (χ0) is 5.98. The average molecular weight is 120 g/mol. The van der Waals surface area contributed by atoms with Gasteiger partial charge in [0.25, 0.3) is 0 Å². The highest BCUT2D eigenvalue weighted by molar-refractivity contribution is 4.56. The highest BCUT2D eigenvalue weighted by atomic mass is 19.1. The molecule has 1 aliphatic heterocycles. The number of alkyl halides is 1. The van der Waals surface area contributed by atoms with Gasteiger partial charge >= 0.3 is 0 Å². The van der Waals surface area contributed by atoms with Crippen molar-refractivity contribution >= 4 is 0 Å². The van der Waals surface area contributed by atoms with Gasteiger partial charge in [0.15, 0.2) is 0 Å². The number of ether oxygens (including phenoxy) is 1. The van der Waals surface area contributed by atoms with E-state index in [1.54, 1.807) is 0 Å². The van der Waals surface area contributed by atoms with Gasteiger partial charge in [0, 0.05) is 6.54 Å². The van der Waals surface area contributed by atoms with Crippen molar-refractivity contribution in [3.63, 3.8) is 0 Å². The van der Waals surface area contributed by atoms with E-state index in [-0.39, 0.29) is 6.54 Å². The summed E-state index contributed by atoms with van der Waals surface area (Å²) in [5, 5.41) is 1.41. The van der Waals surface area contributed by atoms with E-state index in [0.29, 0.717) is 13.2 Å². The van der Waals surface area contributed by atoms with Crippen LogP contribution in [0, 0.1) is 0 Å². The molecular formula is C4H9FN2O. The van der Waals surface area contributed by atoms with Crippen LogP contribution in [0.5, 0.6) is 0 Å². The van der Waals surface area contributed by atoms with Crippen LogP contribution in [0.1, 0.15) is 0 Å². The van der Waals surface area contributed by atoms with Gasteiger partial charge < -0.3 is 4.74 Å². The Labute approximate surface area is 47.2 Å². The van der Waals surface area contributed by atoms with Gasteiger partial charge in [-0.15, -0.1) is 0 Å². The molecule has 0 saturated carbocycles. The van der Waals surface area contributed by atoms with Gasteiger partial charge in [0.05, 0.1) is 13.2 Å². The van der Waals surface area contributed by atoms with Crippen LogP contribution in [0.2, 0.25) is 0 Å². The molecule has 48 valence electrons. The maximum absolute atomic E-state index is 12.1. The Morgan fingerprint density at radius 2 is 2.50 bits per heavy atom. The minimum absolute atomic E-state index is 0.194. The minimum Gasteiger partial charge on any atom is -0.346 e. The van der Waals surface area contributed by atoms with E-state index < -0.39 is 6.36 Å². The van der Waals surface area contributed by atoms with E-state index in [1.807, 2.05) is 0 Å². The first-order valence-electron chi connectivity index (χ1n) is 2.54. The summed E-state index contributed by atoms with van der Waals surface area (Å²) in [6.45, 7) is 1.22. The second-order valence-electron chi connectivity index (χ2n) is 1.78. The third kappa shape index (κ3) is 1.40. The normalized spacial score (nSPS) is 33.0. The summed E-state index contributed by atoms with van der Waals surface area (Å²) < 4.78 is 16.6. The third-order valence-electron chi connectivity index (χ3n) is 1.06. The molecule has 1 aliphatic rings. The molecule has 0 aromatic heterocycles. The van der Waals surface area contributed by atoms with E-state index in [4.69, 9.17) is 5.84 Å². The molecule has 2 N–H and O–H groups in total. The van der Waals surface area contributed by atoms with Crippen LogP contribution in [0.3, 0.4) is 0 Å². The fraction of sp³-hybridized carbons (Fsp3) is 1.00. The fourth-order valence-electron chi connectivity index (χ4n) is 0.626. The summed E-state index contributed by atoms with van der Waals surface area (Å²) in [7, 11) is 0. The summed E-state index contributed by atoms with van der Waals surface area (Å²) >= 11 is 0. The molecule has 0 spiro atoms. The largest absolute Gasteiger partial charge is 0.346 e. The van der Waals surface area contributed by atoms with Crippen molar-refractivity contribution in [3.8, 4) is 0 Å². The molecule has 1 saturated heterocycles. The molecule has 1 heterocycles. The van der Waals surface area contributed by atoms with Crippen molar-refractivity contribution in [1.82, 2.24) is 5.01 Å². The molecule has 0 aliphatic carbocycles. The summed E-state index contributed by atoms with van der Waals surface area (Å²) in [6, 6.07) is 0. The SMILES string of the molecule is NN1CCOC(F)C1. The average Bonchev–Trinajstić information content (AvgIpc) is 1.64. The molecule has 1 atom stereocenters. The first-order chi connectivity index (χ1) is 3.79. The first kappa shape index (κ1) is 5.94. The highest BCUT2D eigenvalue weighted by Crippen LogP contribution is 2.00. The maximum Gasteiger partial charge on any atom is 0.213 e. The lowest BCUT2D eigenvalue weighted by Crippen LogP contribution is -2.44. The molecule has 0 radical (unpaired) electrons. The van der Waals surface area contributed by atoms with E-state index in [2.05, 4.69) is 4.74 Å².